The molecular formula is C16H24O5. The number of hydrogen-bond donors (Lipinski definition) is 3. The number of aliphatic hydroxyl groups is 2. The molecule has 0 amide bonds. The van der Waals surface area contributed by atoms with Crippen molar-refractivity contribution in [3.63, 3.8) is 0 Å². The van der Waals surface area contributed by atoms with Crippen LogP contribution in [0, 0.1) is 0 Å². The quantitative estimate of drug-likeness (QED) is 0.308. The van der Waals surface area contributed by atoms with Gasteiger partial charge in [-0.1, -0.05) is 56.6 Å². The molecule has 0 aliphatic rings. The lowest BCUT2D eigenvalue weighted by Crippen LogP contribution is -2.32. The van der Waals surface area contributed by atoms with Gasteiger partial charge in [-0.05, 0) is 6.42 Å². The van der Waals surface area contributed by atoms with E-state index in [0.717, 1.165) is 31.8 Å². The number of allylic oxidation sites excluding steroid dienone is 4. The zero-order valence-electron chi connectivity index (χ0n) is 12.3. The van der Waals surface area contributed by atoms with Gasteiger partial charge < -0.3 is 15.3 Å². The molecule has 0 spiro atoms. The lowest BCUT2D eigenvalue weighted by atomic mass is 10.0. The summed E-state index contributed by atoms with van der Waals surface area (Å²) in [6.07, 6.45) is 9.40. The van der Waals surface area contributed by atoms with E-state index in [9.17, 15) is 19.8 Å². The highest BCUT2D eigenvalue weighted by Gasteiger charge is 2.20. The molecular weight excluding hydrogens is 272 g/mol. The van der Waals surface area contributed by atoms with Gasteiger partial charge in [0.25, 0.3) is 0 Å². The fourth-order valence-corrected chi connectivity index (χ4v) is 1.61. The second-order valence-electron chi connectivity index (χ2n) is 4.68. The summed E-state index contributed by atoms with van der Waals surface area (Å²) in [4.78, 5) is 21.8. The number of hydrogen-bond acceptors (Lipinski definition) is 4. The van der Waals surface area contributed by atoms with Gasteiger partial charge in [-0.2, -0.15) is 0 Å². The molecule has 0 aromatic heterocycles. The molecule has 3 N–H and O–H groups in total. The molecule has 118 valence electrons. The molecule has 0 rings (SSSR count). The van der Waals surface area contributed by atoms with Gasteiger partial charge in [0.15, 0.2) is 5.78 Å². The highest BCUT2D eigenvalue weighted by molar-refractivity contribution is 5.83. The first-order valence-electron chi connectivity index (χ1n) is 7.12. The van der Waals surface area contributed by atoms with Crippen LogP contribution < -0.4 is 0 Å². The number of carboxylic acids is 1. The van der Waals surface area contributed by atoms with Gasteiger partial charge in [0.05, 0.1) is 0 Å². The van der Waals surface area contributed by atoms with Crippen LogP contribution in [-0.4, -0.2) is 39.3 Å². The normalized spacial score (nSPS) is 15.0. The first kappa shape index (κ1) is 19.3. The minimum Gasteiger partial charge on any atom is -0.478 e. The van der Waals surface area contributed by atoms with Crippen molar-refractivity contribution in [2.45, 2.75) is 51.2 Å². The number of rotatable bonds is 11. The predicted octanol–water partition coefficient (Wildman–Crippen LogP) is 2.00. The van der Waals surface area contributed by atoms with Crippen molar-refractivity contribution >= 4 is 11.8 Å². The van der Waals surface area contributed by atoms with Gasteiger partial charge in [-0.25, -0.2) is 4.79 Å². The van der Waals surface area contributed by atoms with E-state index in [1.165, 1.54) is 30.4 Å². The number of unbranched alkanes of at least 4 members (excludes halogenated alkanes) is 3. The highest BCUT2D eigenvalue weighted by Crippen LogP contribution is 2.07. The number of carboxylic acid groups (broad SMARTS) is 1. The molecule has 0 saturated carbocycles. The molecule has 21 heavy (non-hydrogen) atoms. The summed E-state index contributed by atoms with van der Waals surface area (Å²) in [5, 5.41) is 27.6. The van der Waals surface area contributed by atoms with Gasteiger partial charge in [0.2, 0.25) is 0 Å². The van der Waals surface area contributed by atoms with Crippen LogP contribution in [0.5, 0.6) is 0 Å². The molecule has 2 atom stereocenters. The average molecular weight is 296 g/mol. The molecule has 0 aromatic rings. The summed E-state index contributed by atoms with van der Waals surface area (Å²) >= 11 is 0. The van der Waals surface area contributed by atoms with Crippen molar-refractivity contribution in [2.75, 3.05) is 0 Å². The lowest BCUT2D eigenvalue weighted by Gasteiger charge is -2.12. The smallest absolute Gasteiger partial charge is 0.328 e. The van der Waals surface area contributed by atoms with E-state index in [0.29, 0.717) is 0 Å². The first-order valence-corrected chi connectivity index (χ1v) is 7.12. The van der Waals surface area contributed by atoms with Crippen molar-refractivity contribution in [3.8, 4) is 0 Å². The van der Waals surface area contributed by atoms with Crippen LogP contribution in [0.3, 0.4) is 0 Å². The Hall–Kier alpha value is -1.72. The molecule has 0 aromatic carbocycles. The van der Waals surface area contributed by atoms with Crippen molar-refractivity contribution < 1.29 is 24.9 Å². The summed E-state index contributed by atoms with van der Waals surface area (Å²) in [5.41, 5.74) is 0. The van der Waals surface area contributed by atoms with Crippen LogP contribution in [0.15, 0.2) is 36.5 Å². The number of ketones is 1. The van der Waals surface area contributed by atoms with E-state index in [1.54, 1.807) is 0 Å². The molecule has 0 radical (unpaired) electrons. The molecule has 5 nitrogen and oxygen atoms in total. The number of carbonyl (C=O) groups is 2. The topological polar surface area (TPSA) is 94.8 Å². The highest BCUT2D eigenvalue weighted by atomic mass is 16.4. The van der Waals surface area contributed by atoms with E-state index in [4.69, 9.17) is 5.11 Å². The van der Waals surface area contributed by atoms with Crippen LogP contribution >= 0.6 is 0 Å². The summed E-state index contributed by atoms with van der Waals surface area (Å²) in [7, 11) is 0. The maximum absolute atomic E-state index is 11.6. The van der Waals surface area contributed by atoms with E-state index in [2.05, 4.69) is 6.92 Å². The molecule has 0 aliphatic heterocycles. The van der Waals surface area contributed by atoms with E-state index in [1.807, 2.05) is 0 Å². The van der Waals surface area contributed by atoms with E-state index >= 15 is 0 Å². The third kappa shape index (κ3) is 10.7. The number of Topliss-reactive ketones (excluding diaryl/α,β-unsaturated/α-hetero) is 1. The summed E-state index contributed by atoms with van der Waals surface area (Å²) in [5.74, 6) is -1.41. The zero-order chi connectivity index (χ0) is 16.1. The second-order valence-corrected chi connectivity index (χ2v) is 4.68. The molecule has 0 aliphatic carbocycles. The number of aliphatic carboxylic acids is 1. The minimum absolute atomic E-state index is 0.267. The molecule has 2 unspecified atom stereocenters. The van der Waals surface area contributed by atoms with Crippen LogP contribution in [0.1, 0.15) is 39.0 Å². The van der Waals surface area contributed by atoms with Gasteiger partial charge in [0, 0.05) is 12.5 Å². The van der Waals surface area contributed by atoms with Crippen molar-refractivity contribution in [3.05, 3.63) is 36.5 Å². The monoisotopic (exact) mass is 296 g/mol. The summed E-state index contributed by atoms with van der Waals surface area (Å²) in [6, 6.07) is 0. The Kier molecular flexibility index (Phi) is 11.1. The Balaban J connectivity index is 4.10. The van der Waals surface area contributed by atoms with Crippen molar-refractivity contribution in [2.24, 2.45) is 0 Å². The van der Waals surface area contributed by atoms with Gasteiger partial charge in [-0.15, -0.1) is 0 Å². The van der Waals surface area contributed by atoms with Crippen LogP contribution in [-0.2, 0) is 9.59 Å². The molecule has 5 heteroatoms. The third-order valence-electron chi connectivity index (χ3n) is 2.81. The fraction of sp³-hybridized carbons (Fsp3) is 0.500. The predicted molar refractivity (Wildman–Crippen MR) is 80.8 cm³/mol. The maximum Gasteiger partial charge on any atom is 0.328 e. The van der Waals surface area contributed by atoms with E-state index < -0.39 is 18.2 Å². The molecule has 0 saturated heterocycles. The van der Waals surface area contributed by atoms with Gasteiger partial charge in [0.1, 0.15) is 12.2 Å². The minimum atomic E-state index is -1.41. The molecule has 0 heterocycles. The zero-order valence-corrected chi connectivity index (χ0v) is 12.3. The summed E-state index contributed by atoms with van der Waals surface area (Å²) < 4.78 is 0. The average Bonchev–Trinajstić information content (AvgIpc) is 2.45. The Labute approximate surface area is 125 Å². The van der Waals surface area contributed by atoms with Crippen molar-refractivity contribution in [1.82, 2.24) is 0 Å². The number of aliphatic hydroxyl groups excluding tert-OH is 2. The van der Waals surface area contributed by atoms with Crippen LogP contribution in [0.25, 0.3) is 0 Å². The lowest BCUT2D eigenvalue weighted by molar-refractivity contribution is -0.132. The Morgan fingerprint density at radius 1 is 1.00 bits per heavy atom. The van der Waals surface area contributed by atoms with Crippen LogP contribution in [0.2, 0.25) is 0 Å². The fourth-order valence-electron chi connectivity index (χ4n) is 1.61. The van der Waals surface area contributed by atoms with E-state index in [-0.39, 0.29) is 12.2 Å². The Morgan fingerprint density at radius 2 is 1.67 bits per heavy atom. The first-order chi connectivity index (χ1) is 9.99. The van der Waals surface area contributed by atoms with Gasteiger partial charge >= 0.3 is 5.97 Å². The SMILES string of the molecule is CCCCCCC(=O)C(O)C(O)/C=C/C=C/C=C\C(=O)O. The van der Waals surface area contributed by atoms with Gasteiger partial charge in [-0.3, -0.25) is 4.79 Å². The maximum atomic E-state index is 11.6. The Morgan fingerprint density at radius 3 is 2.29 bits per heavy atom. The molecule has 0 bridgehead atoms. The summed E-state index contributed by atoms with van der Waals surface area (Å²) in [6.45, 7) is 2.07. The Bertz CT molecular complexity index is 395. The standard InChI is InChI=1S/C16H24O5/c1-2-3-4-7-10-13(17)16(21)14(18)11-8-5-6-9-12-15(19)20/h5-6,8-9,11-12,14,16,18,21H,2-4,7,10H2,1H3,(H,19,20)/b6-5+,11-8+,12-9-. The molecule has 0 fully saturated rings. The van der Waals surface area contributed by atoms with Crippen LogP contribution in [0.4, 0.5) is 0 Å². The van der Waals surface area contributed by atoms with Crippen molar-refractivity contribution in [1.29, 1.82) is 0 Å². The number of carbonyl (C=O) groups excluding carboxylic acids is 1. The second kappa shape index (κ2) is 12.1. The largest absolute Gasteiger partial charge is 0.478 e. The third-order valence-corrected chi connectivity index (χ3v) is 2.81.